The number of anilines is 1. The average molecular weight is 420 g/mol. The number of piperazine rings is 1. The number of allylic oxidation sites excluding steroid dienone is 1. The number of benzene rings is 2. The number of rotatable bonds is 3. The number of halogens is 3. The molecule has 0 spiro atoms. The van der Waals surface area contributed by atoms with Gasteiger partial charge < -0.3 is 4.90 Å². The first kappa shape index (κ1) is 21.0. The highest BCUT2D eigenvalue weighted by molar-refractivity contribution is 7.92. The zero-order valence-electron chi connectivity index (χ0n) is 15.4. The molecule has 0 atom stereocenters. The van der Waals surface area contributed by atoms with Crippen LogP contribution in [0, 0.1) is 11.8 Å². The van der Waals surface area contributed by atoms with Gasteiger partial charge in [-0.25, -0.2) is 8.42 Å². The SMILES string of the molecule is O=S(=O)(/C=C/C#Cc1ccccc1)N1CCN(c2ccc(C(F)(F)F)cc2)CC1. The summed E-state index contributed by atoms with van der Waals surface area (Å²) >= 11 is 0. The van der Waals surface area contributed by atoms with Crippen LogP contribution < -0.4 is 4.90 Å². The van der Waals surface area contributed by atoms with Gasteiger partial charge in [0, 0.05) is 43.5 Å². The van der Waals surface area contributed by atoms with E-state index in [9.17, 15) is 21.6 Å². The molecule has 0 aromatic heterocycles. The maximum absolute atomic E-state index is 12.7. The highest BCUT2D eigenvalue weighted by Gasteiger charge is 2.30. The van der Waals surface area contributed by atoms with E-state index in [1.807, 2.05) is 35.2 Å². The standard InChI is InChI=1S/C21H19F3N2O2S/c22-21(23,24)19-9-11-20(12-10-19)25-13-15-26(16-14-25)29(27,28)17-5-4-8-18-6-2-1-3-7-18/h1-3,5-7,9-12,17H,13-16H2/b17-5+. The van der Waals surface area contributed by atoms with E-state index in [1.165, 1.54) is 22.5 Å². The summed E-state index contributed by atoms with van der Waals surface area (Å²) in [7, 11) is -3.59. The molecule has 0 amide bonds. The van der Waals surface area contributed by atoms with Crippen molar-refractivity contribution in [1.29, 1.82) is 0 Å². The molecule has 4 nitrogen and oxygen atoms in total. The topological polar surface area (TPSA) is 40.6 Å². The van der Waals surface area contributed by atoms with Crippen molar-refractivity contribution in [3.05, 3.63) is 77.2 Å². The Morgan fingerprint density at radius 1 is 0.897 bits per heavy atom. The number of hydrogen-bond donors (Lipinski definition) is 0. The molecule has 8 heteroatoms. The predicted octanol–water partition coefficient (Wildman–Crippen LogP) is 3.72. The van der Waals surface area contributed by atoms with Crippen LogP contribution in [0.5, 0.6) is 0 Å². The van der Waals surface area contributed by atoms with Crippen LogP contribution in [-0.2, 0) is 16.2 Å². The summed E-state index contributed by atoms with van der Waals surface area (Å²) in [5, 5.41) is 1.08. The number of alkyl halides is 3. The first-order chi connectivity index (χ1) is 13.8. The molecular formula is C21H19F3N2O2S. The summed E-state index contributed by atoms with van der Waals surface area (Å²) < 4.78 is 64.2. The number of nitrogens with zero attached hydrogens (tertiary/aromatic N) is 2. The Kier molecular flexibility index (Phi) is 6.30. The largest absolute Gasteiger partial charge is 0.416 e. The van der Waals surface area contributed by atoms with Crippen molar-refractivity contribution in [1.82, 2.24) is 4.31 Å². The molecule has 0 radical (unpaired) electrons. The lowest BCUT2D eigenvalue weighted by atomic mass is 10.2. The minimum atomic E-state index is -4.37. The van der Waals surface area contributed by atoms with Crippen molar-refractivity contribution < 1.29 is 21.6 Å². The van der Waals surface area contributed by atoms with Crippen molar-refractivity contribution in [3.8, 4) is 11.8 Å². The lowest BCUT2D eigenvalue weighted by Gasteiger charge is -2.34. The van der Waals surface area contributed by atoms with Gasteiger partial charge in [-0.15, -0.1) is 0 Å². The Labute approximate surface area is 168 Å². The highest BCUT2D eigenvalue weighted by Crippen LogP contribution is 2.30. The van der Waals surface area contributed by atoms with E-state index in [2.05, 4.69) is 11.8 Å². The van der Waals surface area contributed by atoms with Crippen molar-refractivity contribution in [3.63, 3.8) is 0 Å². The fourth-order valence-electron chi connectivity index (χ4n) is 2.91. The highest BCUT2D eigenvalue weighted by atomic mass is 32.2. The van der Waals surface area contributed by atoms with Crippen molar-refractivity contribution in [2.75, 3.05) is 31.1 Å². The number of hydrogen-bond acceptors (Lipinski definition) is 3. The maximum Gasteiger partial charge on any atom is 0.416 e. The van der Waals surface area contributed by atoms with Crippen LogP contribution in [0.1, 0.15) is 11.1 Å². The van der Waals surface area contributed by atoms with E-state index in [0.29, 0.717) is 18.8 Å². The van der Waals surface area contributed by atoms with E-state index in [1.54, 1.807) is 0 Å². The van der Waals surface area contributed by atoms with E-state index in [-0.39, 0.29) is 13.1 Å². The zero-order chi connectivity index (χ0) is 20.9. The van der Waals surface area contributed by atoms with Crippen molar-refractivity contribution in [2.45, 2.75) is 6.18 Å². The molecule has 29 heavy (non-hydrogen) atoms. The van der Waals surface area contributed by atoms with Gasteiger partial charge in [0.15, 0.2) is 0 Å². The smallest absolute Gasteiger partial charge is 0.369 e. The quantitative estimate of drug-likeness (QED) is 0.711. The maximum atomic E-state index is 12.7. The second kappa shape index (κ2) is 8.72. The van der Waals surface area contributed by atoms with Gasteiger partial charge in [0.05, 0.1) is 11.0 Å². The van der Waals surface area contributed by atoms with Crippen LogP contribution >= 0.6 is 0 Å². The number of sulfonamides is 1. The van der Waals surface area contributed by atoms with E-state index < -0.39 is 21.8 Å². The molecule has 1 saturated heterocycles. The predicted molar refractivity (Wildman–Crippen MR) is 107 cm³/mol. The van der Waals surface area contributed by atoms with Crippen LogP contribution in [-0.4, -0.2) is 38.9 Å². The molecule has 1 aliphatic rings. The minimum Gasteiger partial charge on any atom is -0.369 e. The lowest BCUT2D eigenvalue weighted by Crippen LogP contribution is -2.48. The van der Waals surface area contributed by atoms with Gasteiger partial charge in [-0.2, -0.15) is 17.5 Å². The molecule has 2 aromatic rings. The third kappa shape index (κ3) is 5.62. The monoisotopic (exact) mass is 420 g/mol. The normalized spacial score (nSPS) is 15.9. The van der Waals surface area contributed by atoms with Gasteiger partial charge in [-0.05, 0) is 36.4 Å². The molecule has 0 saturated carbocycles. The van der Waals surface area contributed by atoms with Crippen LogP contribution in [0.3, 0.4) is 0 Å². The molecule has 1 fully saturated rings. The molecule has 1 aliphatic heterocycles. The molecule has 0 aliphatic carbocycles. The molecule has 2 aromatic carbocycles. The van der Waals surface area contributed by atoms with Gasteiger partial charge in [0.25, 0.3) is 0 Å². The molecule has 3 rings (SSSR count). The van der Waals surface area contributed by atoms with Gasteiger partial charge >= 0.3 is 6.18 Å². The van der Waals surface area contributed by atoms with Gasteiger partial charge in [0.2, 0.25) is 10.0 Å². The summed E-state index contributed by atoms with van der Waals surface area (Å²) in [6.45, 7) is 1.29. The van der Waals surface area contributed by atoms with E-state index in [0.717, 1.165) is 23.1 Å². The fraction of sp³-hybridized carbons (Fsp3) is 0.238. The second-order valence-corrected chi connectivity index (χ2v) is 8.23. The molecule has 0 N–H and O–H groups in total. The minimum absolute atomic E-state index is 0.250. The van der Waals surface area contributed by atoms with Gasteiger partial charge in [-0.3, -0.25) is 0 Å². The Balaban J connectivity index is 1.58. The van der Waals surface area contributed by atoms with E-state index in [4.69, 9.17) is 0 Å². The Morgan fingerprint density at radius 2 is 1.52 bits per heavy atom. The van der Waals surface area contributed by atoms with Crippen LogP contribution in [0.15, 0.2) is 66.1 Å². The lowest BCUT2D eigenvalue weighted by molar-refractivity contribution is -0.137. The molecule has 1 heterocycles. The third-order valence-corrected chi connectivity index (χ3v) is 6.04. The summed E-state index contributed by atoms with van der Waals surface area (Å²) in [6.07, 6.45) is -3.06. The summed E-state index contributed by atoms with van der Waals surface area (Å²) in [6, 6.07) is 14.1. The Bertz CT molecular complexity index is 1010. The van der Waals surface area contributed by atoms with Crippen LogP contribution in [0.4, 0.5) is 18.9 Å². The first-order valence-electron chi connectivity index (χ1n) is 8.91. The van der Waals surface area contributed by atoms with Crippen LogP contribution in [0.2, 0.25) is 0 Å². The molecule has 0 unspecified atom stereocenters. The molecular weight excluding hydrogens is 401 g/mol. The Morgan fingerprint density at radius 3 is 2.10 bits per heavy atom. The summed E-state index contributed by atoms with van der Waals surface area (Å²) in [5.41, 5.74) is 0.725. The van der Waals surface area contributed by atoms with Gasteiger partial charge in [0.1, 0.15) is 0 Å². The summed E-state index contributed by atoms with van der Waals surface area (Å²) in [4.78, 5) is 1.87. The van der Waals surface area contributed by atoms with Gasteiger partial charge in [-0.1, -0.05) is 30.0 Å². The van der Waals surface area contributed by atoms with Crippen molar-refractivity contribution >= 4 is 15.7 Å². The molecule has 152 valence electrons. The van der Waals surface area contributed by atoms with Crippen LogP contribution in [0.25, 0.3) is 0 Å². The van der Waals surface area contributed by atoms with E-state index >= 15 is 0 Å². The summed E-state index contributed by atoms with van der Waals surface area (Å²) in [5.74, 6) is 5.57. The third-order valence-electron chi connectivity index (χ3n) is 4.47. The first-order valence-corrected chi connectivity index (χ1v) is 10.4. The zero-order valence-corrected chi connectivity index (χ0v) is 16.2. The Hall–Kier alpha value is -2.76. The second-order valence-electron chi connectivity index (χ2n) is 6.41. The molecule has 0 bridgehead atoms. The van der Waals surface area contributed by atoms with Crippen molar-refractivity contribution in [2.24, 2.45) is 0 Å². The fourth-order valence-corrected chi connectivity index (χ4v) is 4.00. The average Bonchev–Trinajstić information content (AvgIpc) is 2.72.